The molecule has 0 saturated heterocycles. The van der Waals surface area contributed by atoms with Crippen molar-refractivity contribution < 1.29 is 10.2 Å². The van der Waals surface area contributed by atoms with Gasteiger partial charge in [0.05, 0.1) is 18.9 Å². The molecule has 0 fully saturated rings. The molecule has 0 aliphatic heterocycles. The van der Waals surface area contributed by atoms with Crippen LogP contribution in [-0.4, -0.2) is 33.2 Å². The van der Waals surface area contributed by atoms with Gasteiger partial charge in [-0.3, -0.25) is 4.68 Å². The molecule has 0 atom stereocenters. The Hall–Kier alpha value is -1.17. The number of aromatic nitrogens is 2. The van der Waals surface area contributed by atoms with Crippen molar-refractivity contribution in [2.45, 2.75) is 18.8 Å². The van der Waals surface area contributed by atoms with Crippen LogP contribution in [0, 0.1) is 6.92 Å². The lowest BCUT2D eigenvalue weighted by atomic mass is 9.78. The first-order chi connectivity index (χ1) is 9.52. The van der Waals surface area contributed by atoms with Gasteiger partial charge in [0.15, 0.2) is 0 Å². The lowest BCUT2D eigenvalue weighted by Gasteiger charge is -2.31. The Morgan fingerprint density at radius 1 is 1.25 bits per heavy atom. The van der Waals surface area contributed by atoms with Crippen LogP contribution in [0.3, 0.4) is 0 Å². The van der Waals surface area contributed by atoms with Crippen LogP contribution < -0.4 is 0 Å². The maximum Gasteiger partial charge on any atom is 0.0596 e. The Kier molecular flexibility index (Phi) is 4.62. The number of rotatable bonds is 5. The zero-order valence-electron chi connectivity index (χ0n) is 11.7. The summed E-state index contributed by atoms with van der Waals surface area (Å²) in [5.41, 5.74) is 2.10. The fraction of sp³-hybridized carbons (Fsp3) is 0.400. The molecule has 4 nitrogen and oxygen atoms in total. The molecule has 2 N–H and O–H groups in total. The van der Waals surface area contributed by atoms with E-state index in [4.69, 9.17) is 0 Å². The Morgan fingerprint density at radius 3 is 2.40 bits per heavy atom. The van der Waals surface area contributed by atoms with Crippen molar-refractivity contribution in [1.82, 2.24) is 9.78 Å². The van der Waals surface area contributed by atoms with Gasteiger partial charge in [-0.15, -0.1) is 0 Å². The van der Waals surface area contributed by atoms with Crippen molar-refractivity contribution >= 4 is 15.9 Å². The highest BCUT2D eigenvalue weighted by Crippen LogP contribution is 2.33. The normalized spacial score (nSPS) is 11.8. The first-order valence-corrected chi connectivity index (χ1v) is 7.28. The largest absolute Gasteiger partial charge is 0.395 e. The minimum absolute atomic E-state index is 0.129. The summed E-state index contributed by atoms with van der Waals surface area (Å²) in [7, 11) is 1.88. The molecule has 0 aliphatic carbocycles. The highest BCUT2D eigenvalue weighted by Gasteiger charge is 2.34. The quantitative estimate of drug-likeness (QED) is 0.876. The number of hydrogen-bond donors (Lipinski definition) is 2. The van der Waals surface area contributed by atoms with E-state index in [9.17, 15) is 10.2 Å². The van der Waals surface area contributed by atoms with E-state index >= 15 is 0 Å². The van der Waals surface area contributed by atoms with Gasteiger partial charge in [-0.2, -0.15) is 5.10 Å². The molecule has 0 amide bonds. The molecule has 20 heavy (non-hydrogen) atoms. The van der Waals surface area contributed by atoms with E-state index in [0.29, 0.717) is 6.42 Å². The third-order valence-corrected chi connectivity index (χ3v) is 4.36. The Bertz CT molecular complexity index is 591. The van der Waals surface area contributed by atoms with E-state index < -0.39 is 5.41 Å². The van der Waals surface area contributed by atoms with E-state index in [2.05, 4.69) is 21.0 Å². The Morgan fingerprint density at radius 2 is 1.90 bits per heavy atom. The lowest BCUT2D eigenvalue weighted by molar-refractivity contribution is 0.114. The molecule has 0 bridgehead atoms. The topological polar surface area (TPSA) is 58.3 Å². The van der Waals surface area contributed by atoms with Crippen LogP contribution in [0.15, 0.2) is 34.8 Å². The molecule has 0 spiro atoms. The van der Waals surface area contributed by atoms with Gasteiger partial charge in [0.25, 0.3) is 0 Å². The number of aliphatic hydroxyl groups excluding tert-OH is 2. The average Bonchev–Trinajstić information content (AvgIpc) is 2.75. The molecule has 0 radical (unpaired) electrons. The van der Waals surface area contributed by atoms with Gasteiger partial charge in [-0.1, -0.05) is 34.1 Å². The van der Waals surface area contributed by atoms with Gasteiger partial charge >= 0.3 is 0 Å². The summed E-state index contributed by atoms with van der Waals surface area (Å²) >= 11 is 3.51. The van der Waals surface area contributed by atoms with Crippen LogP contribution in [0.1, 0.15) is 17.0 Å². The monoisotopic (exact) mass is 338 g/mol. The number of aryl methyl sites for hydroxylation is 2. The summed E-state index contributed by atoms with van der Waals surface area (Å²) in [5, 5.41) is 24.1. The van der Waals surface area contributed by atoms with Crippen molar-refractivity contribution in [1.29, 1.82) is 0 Å². The highest BCUT2D eigenvalue weighted by atomic mass is 79.9. The van der Waals surface area contributed by atoms with Crippen molar-refractivity contribution in [3.8, 4) is 0 Å². The van der Waals surface area contributed by atoms with Crippen LogP contribution >= 0.6 is 15.9 Å². The maximum absolute atomic E-state index is 9.90. The van der Waals surface area contributed by atoms with Crippen LogP contribution in [0.4, 0.5) is 0 Å². The minimum atomic E-state index is -0.722. The van der Waals surface area contributed by atoms with Gasteiger partial charge in [-0.25, -0.2) is 0 Å². The van der Waals surface area contributed by atoms with Crippen LogP contribution in [0.25, 0.3) is 0 Å². The molecule has 1 heterocycles. The summed E-state index contributed by atoms with van der Waals surface area (Å²) in [6, 6.07) is 9.66. The zero-order valence-corrected chi connectivity index (χ0v) is 13.3. The molecule has 0 saturated carbocycles. The summed E-state index contributed by atoms with van der Waals surface area (Å²) in [6.45, 7) is 1.67. The summed E-state index contributed by atoms with van der Waals surface area (Å²) < 4.78 is 2.69. The van der Waals surface area contributed by atoms with Gasteiger partial charge in [0.1, 0.15) is 0 Å². The molecule has 0 unspecified atom stereocenters. The summed E-state index contributed by atoms with van der Waals surface area (Å²) in [5.74, 6) is 0. The second-order valence-electron chi connectivity index (χ2n) is 5.15. The van der Waals surface area contributed by atoms with Crippen molar-refractivity contribution in [2.75, 3.05) is 13.2 Å². The fourth-order valence-corrected chi connectivity index (χ4v) is 3.20. The highest BCUT2D eigenvalue weighted by molar-refractivity contribution is 9.10. The molecule has 2 aromatic rings. The van der Waals surface area contributed by atoms with Crippen LogP contribution in [0.2, 0.25) is 0 Å². The van der Waals surface area contributed by atoms with Gasteiger partial charge in [0, 0.05) is 29.1 Å². The average molecular weight is 339 g/mol. The summed E-state index contributed by atoms with van der Waals surface area (Å²) in [4.78, 5) is 0. The van der Waals surface area contributed by atoms with Crippen molar-refractivity contribution in [3.05, 3.63) is 51.8 Å². The van der Waals surface area contributed by atoms with Crippen molar-refractivity contribution in [3.63, 3.8) is 0 Å². The number of hydrogen-bond acceptors (Lipinski definition) is 3. The molecular weight excluding hydrogens is 320 g/mol. The van der Waals surface area contributed by atoms with E-state index in [1.807, 2.05) is 44.3 Å². The Labute approximate surface area is 127 Å². The first kappa shape index (κ1) is 15.2. The second-order valence-corrected chi connectivity index (χ2v) is 6.01. The first-order valence-electron chi connectivity index (χ1n) is 6.48. The Balaban J connectivity index is 2.45. The van der Waals surface area contributed by atoms with Gasteiger partial charge < -0.3 is 10.2 Å². The molecule has 5 heteroatoms. The predicted octanol–water partition coefficient (Wildman–Crippen LogP) is 1.96. The molecule has 2 rings (SSSR count). The number of halogens is 1. The third-order valence-electron chi connectivity index (χ3n) is 3.67. The molecular formula is C15H19BrN2O2. The predicted molar refractivity (Wildman–Crippen MR) is 81.6 cm³/mol. The number of nitrogens with zero attached hydrogens (tertiary/aromatic N) is 2. The van der Waals surface area contributed by atoms with Gasteiger partial charge in [-0.05, 0) is 24.6 Å². The van der Waals surface area contributed by atoms with E-state index in [1.165, 1.54) is 0 Å². The summed E-state index contributed by atoms with van der Waals surface area (Å²) in [6.07, 6.45) is 0.528. The standard InChI is InChI=1S/C15H19BrN2O2/c1-11-7-12(18(2)17-11)8-15(9-19,10-20)13-5-3-4-6-14(13)16/h3-7,19-20H,8-10H2,1-2H3. The number of benzene rings is 1. The SMILES string of the molecule is Cc1cc(CC(CO)(CO)c2ccccc2Br)n(C)n1. The minimum Gasteiger partial charge on any atom is -0.395 e. The number of aliphatic hydroxyl groups is 2. The van der Waals surface area contributed by atoms with E-state index in [-0.39, 0.29) is 13.2 Å². The molecule has 108 valence electrons. The molecule has 0 aliphatic rings. The molecule has 1 aromatic heterocycles. The van der Waals surface area contributed by atoms with E-state index in [1.54, 1.807) is 4.68 Å². The second kappa shape index (κ2) is 6.08. The lowest BCUT2D eigenvalue weighted by Crippen LogP contribution is -2.38. The fourth-order valence-electron chi connectivity index (χ4n) is 2.50. The molecule has 1 aromatic carbocycles. The van der Waals surface area contributed by atoms with E-state index in [0.717, 1.165) is 21.4 Å². The van der Waals surface area contributed by atoms with Gasteiger partial charge in [0.2, 0.25) is 0 Å². The zero-order chi connectivity index (χ0) is 14.8. The smallest absolute Gasteiger partial charge is 0.0596 e. The van der Waals surface area contributed by atoms with Crippen molar-refractivity contribution in [2.24, 2.45) is 7.05 Å². The van der Waals surface area contributed by atoms with Crippen LogP contribution in [0.5, 0.6) is 0 Å². The third kappa shape index (κ3) is 2.80. The maximum atomic E-state index is 9.90. The van der Waals surface area contributed by atoms with Crippen LogP contribution in [-0.2, 0) is 18.9 Å².